The number of aromatic nitrogens is 2. The van der Waals surface area contributed by atoms with Crippen LogP contribution in [0.15, 0.2) is 36.7 Å². The highest BCUT2D eigenvalue weighted by Gasteiger charge is 2.43. The normalized spacial score (nSPS) is 19.9. The van der Waals surface area contributed by atoms with Crippen LogP contribution in [0.1, 0.15) is 43.7 Å². The van der Waals surface area contributed by atoms with Crippen molar-refractivity contribution in [1.29, 1.82) is 0 Å². The van der Waals surface area contributed by atoms with Crippen LogP contribution < -0.4 is 20.3 Å². The van der Waals surface area contributed by atoms with Crippen LogP contribution in [-0.2, 0) is 0 Å². The lowest BCUT2D eigenvalue weighted by Gasteiger charge is -2.40. The zero-order valence-corrected chi connectivity index (χ0v) is 15.7. The molecule has 0 bridgehead atoms. The molecule has 2 aliphatic rings. The van der Waals surface area contributed by atoms with Gasteiger partial charge in [-0.3, -0.25) is 0 Å². The number of amides is 2. The Morgan fingerprint density at radius 1 is 1.19 bits per heavy atom. The van der Waals surface area contributed by atoms with Gasteiger partial charge in [-0.2, -0.15) is 0 Å². The number of hydrogen-bond donors (Lipinski definition) is 2. The van der Waals surface area contributed by atoms with Gasteiger partial charge in [-0.15, -0.1) is 0 Å². The third-order valence-corrected chi connectivity index (χ3v) is 5.31. The fourth-order valence-electron chi connectivity index (χ4n) is 4.01. The number of rotatable bonds is 3. The van der Waals surface area contributed by atoms with E-state index in [1.165, 1.54) is 12.8 Å². The molecule has 2 heterocycles. The number of benzene rings is 1. The summed E-state index contributed by atoms with van der Waals surface area (Å²) in [7, 11) is 3.74. The molecular weight excluding hydrogens is 342 g/mol. The van der Waals surface area contributed by atoms with Crippen LogP contribution in [0.2, 0.25) is 0 Å². The third-order valence-electron chi connectivity index (χ3n) is 5.31. The van der Waals surface area contributed by atoms with Gasteiger partial charge in [-0.25, -0.2) is 14.8 Å². The minimum absolute atomic E-state index is 0.0741. The van der Waals surface area contributed by atoms with Crippen LogP contribution in [0.4, 0.5) is 16.4 Å². The molecule has 2 amide bonds. The predicted octanol–water partition coefficient (Wildman–Crippen LogP) is 3.50. The monoisotopic (exact) mass is 367 g/mol. The summed E-state index contributed by atoms with van der Waals surface area (Å²) < 4.78 is 6.35. The summed E-state index contributed by atoms with van der Waals surface area (Å²) in [4.78, 5) is 22.8. The van der Waals surface area contributed by atoms with E-state index in [0.717, 1.165) is 30.6 Å². The average Bonchev–Trinajstić information content (AvgIpc) is 3.09. The van der Waals surface area contributed by atoms with E-state index >= 15 is 0 Å². The van der Waals surface area contributed by atoms with Gasteiger partial charge in [-0.1, -0.05) is 18.2 Å². The summed E-state index contributed by atoms with van der Waals surface area (Å²) in [6, 6.07) is 7.65. The molecule has 2 N–H and O–H groups in total. The quantitative estimate of drug-likeness (QED) is 0.868. The minimum atomic E-state index is -0.258. The first-order chi connectivity index (χ1) is 13.0. The number of nitrogens with zero attached hydrogens (tertiary/aromatic N) is 3. The van der Waals surface area contributed by atoms with Gasteiger partial charge in [0.05, 0.1) is 24.1 Å². The molecule has 1 unspecified atom stereocenters. The van der Waals surface area contributed by atoms with Gasteiger partial charge in [0.15, 0.2) is 0 Å². The van der Waals surface area contributed by atoms with E-state index in [1.54, 1.807) is 12.4 Å². The molecule has 0 radical (unpaired) electrons. The highest BCUT2D eigenvalue weighted by molar-refractivity contribution is 5.89. The first kappa shape index (κ1) is 17.6. The van der Waals surface area contributed by atoms with Gasteiger partial charge in [0.1, 0.15) is 11.4 Å². The van der Waals surface area contributed by atoms with Crippen LogP contribution in [0.5, 0.6) is 5.75 Å². The Morgan fingerprint density at radius 2 is 1.89 bits per heavy atom. The van der Waals surface area contributed by atoms with Gasteiger partial charge in [0, 0.05) is 26.1 Å². The maximum absolute atomic E-state index is 12.6. The van der Waals surface area contributed by atoms with Crippen LogP contribution in [-0.4, -0.2) is 35.7 Å². The highest BCUT2D eigenvalue weighted by atomic mass is 16.5. The molecule has 1 saturated carbocycles. The van der Waals surface area contributed by atoms with Crippen LogP contribution in [0, 0.1) is 0 Å². The Bertz CT molecular complexity index is 815. The molecule has 0 saturated heterocycles. The van der Waals surface area contributed by atoms with Crippen LogP contribution in [0.25, 0.3) is 0 Å². The summed E-state index contributed by atoms with van der Waals surface area (Å²) >= 11 is 0. The van der Waals surface area contributed by atoms with Crippen molar-refractivity contribution in [2.75, 3.05) is 24.3 Å². The summed E-state index contributed by atoms with van der Waals surface area (Å²) in [6.45, 7) is 0. The Balaban J connectivity index is 1.48. The number of ether oxygens (including phenoxy) is 1. The molecule has 4 rings (SSSR count). The molecule has 1 spiro atoms. The van der Waals surface area contributed by atoms with E-state index in [9.17, 15) is 4.79 Å². The Kier molecular flexibility index (Phi) is 4.59. The number of hydrogen-bond acceptors (Lipinski definition) is 5. The lowest BCUT2D eigenvalue weighted by Crippen LogP contribution is -2.44. The third kappa shape index (κ3) is 3.67. The van der Waals surface area contributed by atoms with Gasteiger partial charge in [0.2, 0.25) is 5.95 Å². The van der Waals surface area contributed by atoms with Crippen molar-refractivity contribution in [2.24, 2.45) is 0 Å². The zero-order valence-electron chi connectivity index (χ0n) is 15.7. The lowest BCUT2D eigenvalue weighted by molar-refractivity contribution is 0.0388. The molecule has 1 aliphatic carbocycles. The van der Waals surface area contributed by atoms with Crippen molar-refractivity contribution >= 4 is 17.7 Å². The van der Waals surface area contributed by atoms with Gasteiger partial charge in [0.25, 0.3) is 0 Å². The Morgan fingerprint density at radius 3 is 2.59 bits per heavy atom. The second kappa shape index (κ2) is 7.06. The molecular formula is C20H25N5O2. The van der Waals surface area contributed by atoms with E-state index in [1.807, 2.05) is 43.3 Å². The number of anilines is 2. The molecule has 1 atom stereocenters. The average molecular weight is 367 g/mol. The largest absolute Gasteiger partial charge is 0.487 e. The van der Waals surface area contributed by atoms with Crippen LogP contribution >= 0.6 is 0 Å². The van der Waals surface area contributed by atoms with E-state index in [2.05, 4.69) is 20.6 Å². The molecule has 1 fully saturated rings. The van der Waals surface area contributed by atoms with Gasteiger partial charge in [-0.05, 0) is 31.7 Å². The fraction of sp³-hybridized carbons (Fsp3) is 0.450. The molecule has 7 nitrogen and oxygen atoms in total. The summed E-state index contributed by atoms with van der Waals surface area (Å²) in [5.41, 5.74) is 1.45. The molecule has 7 heteroatoms. The Hall–Kier alpha value is -2.83. The van der Waals surface area contributed by atoms with Gasteiger partial charge >= 0.3 is 6.03 Å². The standard InChI is InChI=1S/C20H25N5O2/c1-25(2)18-21-12-14(13-22-18)23-19(26)24-16-11-20(9-5-6-10-20)27-17-8-4-3-7-15(16)17/h3-4,7-8,12-13,16H,5-6,9-11H2,1-2H3,(H2,23,24,26). The fourth-order valence-corrected chi connectivity index (χ4v) is 4.01. The minimum Gasteiger partial charge on any atom is -0.487 e. The topological polar surface area (TPSA) is 79.4 Å². The second-order valence-electron chi connectivity index (χ2n) is 7.55. The van der Waals surface area contributed by atoms with E-state index < -0.39 is 0 Å². The number of carbonyl (C=O) groups excluding carboxylic acids is 1. The van der Waals surface area contributed by atoms with Crippen molar-refractivity contribution in [3.8, 4) is 5.75 Å². The zero-order chi connectivity index (χ0) is 18.9. The molecule has 142 valence electrons. The van der Waals surface area contributed by atoms with E-state index in [0.29, 0.717) is 11.6 Å². The number of carbonyl (C=O) groups is 1. The van der Waals surface area contributed by atoms with Crippen LogP contribution in [0.3, 0.4) is 0 Å². The SMILES string of the molecule is CN(C)c1ncc(NC(=O)NC2CC3(CCCC3)Oc3ccccc32)cn1. The van der Waals surface area contributed by atoms with Crippen molar-refractivity contribution in [2.45, 2.75) is 43.7 Å². The first-order valence-electron chi connectivity index (χ1n) is 9.39. The smallest absolute Gasteiger partial charge is 0.319 e. The summed E-state index contributed by atoms with van der Waals surface area (Å²) in [5.74, 6) is 1.48. The van der Waals surface area contributed by atoms with Gasteiger partial charge < -0.3 is 20.3 Å². The maximum atomic E-state index is 12.6. The van der Waals surface area contributed by atoms with E-state index in [4.69, 9.17) is 4.74 Å². The lowest BCUT2D eigenvalue weighted by atomic mass is 9.86. The predicted molar refractivity (Wildman–Crippen MR) is 104 cm³/mol. The molecule has 1 aromatic carbocycles. The van der Waals surface area contributed by atoms with Crippen molar-refractivity contribution in [1.82, 2.24) is 15.3 Å². The number of para-hydroxylation sites is 1. The number of urea groups is 1. The molecule has 27 heavy (non-hydrogen) atoms. The second-order valence-corrected chi connectivity index (χ2v) is 7.55. The summed E-state index contributed by atoms with van der Waals surface area (Å²) in [5, 5.41) is 5.95. The summed E-state index contributed by atoms with van der Waals surface area (Å²) in [6.07, 6.45) is 8.46. The highest BCUT2D eigenvalue weighted by Crippen LogP contribution is 2.46. The first-order valence-corrected chi connectivity index (χ1v) is 9.39. The number of fused-ring (bicyclic) bond motifs is 1. The molecule has 1 aliphatic heterocycles. The Labute approximate surface area is 159 Å². The molecule has 2 aromatic rings. The van der Waals surface area contributed by atoms with Crippen molar-refractivity contribution in [3.05, 3.63) is 42.2 Å². The maximum Gasteiger partial charge on any atom is 0.319 e. The van der Waals surface area contributed by atoms with E-state index in [-0.39, 0.29) is 17.7 Å². The number of nitrogens with one attached hydrogen (secondary N) is 2. The van der Waals surface area contributed by atoms with Crippen molar-refractivity contribution < 1.29 is 9.53 Å². The molecule has 1 aromatic heterocycles. The van der Waals surface area contributed by atoms with Crippen molar-refractivity contribution in [3.63, 3.8) is 0 Å².